The molecule has 2 amide bonds. The van der Waals surface area contributed by atoms with Gasteiger partial charge in [-0.25, -0.2) is 0 Å². The van der Waals surface area contributed by atoms with Gasteiger partial charge in [0, 0.05) is 39.1 Å². The van der Waals surface area contributed by atoms with Gasteiger partial charge in [0.05, 0.1) is 12.3 Å². The van der Waals surface area contributed by atoms with E-state index >= 15 is 0 Å². The van der Waals surface area contributed by atoms with E-state index in [4.69, 9.17) is 9.47 Å². The summed E-state index contributed by atoms with van der Waals surface area (Å²) in [6.07, 6.45) is 4.84. The molecule has 3 aliphatic rings. The molecule has 6 nitrogen and oxygen atoms in total. The molecule has 2 fully saturated rings. The van der Waals surface area contributed by atoms with Crippen LogP contribution in [0.4, 0.5) is 5.69 Å². The van der Waals surface area contributed by atoms with E-state index in [2.05, 4.69) is 17.4 Å². The highest BCUT2D eigenvalue weighted by Gasteiger charge is 2.33. The minimum absolute atomic E-state index is 0.0474. The predicted molar refractivity (Wildman–Crippen MR) is 111 cm³/mol. The van der Waals surface area contributed by atoms with Gasteiger partial charge in [-0.05, 0) is 61.1 Å². The molecule has 0 radical (unpaired) electrons. The molecule has 0 saturated carbocycles. The van der Waals surface area contributed by atoms with Crippen LogP contribution in [0.15, 0.2) is 18.2 Å². The number of carbonyl (C=O) groups excluding carboxylic acids is 2. The highest BCUT2D eigenvalue weighted by Crippen LogP contribution is 2.36. The Bertz CT molecular complexity index is 744. The van der Waals surface area contributed by atoms with Crippen LogP contribution in [0.3, 0.4) is 0 Å². The fraction of sp³-hybridized carbons (Fsp3) is 0.652. The first kappa shape index (κ1) is 20.2. The van der Waals surface area contributed by atoms with Gasteiger partial charge in [-0.3, -0.25) is 9.59 Å². The van der Waals surface area contributed by atoms with E-state index in [1.54, 1.807) is 0 Å². The summed E-state index contributed by atoms with van der Waals surface area (Å²) < 4.78 is 11.6. The molecule has 3 heterocycles. The number of fused-ring (bicyclic) bond motifs is 2. The molecule has 4 rings (SSSR count). The zero-order chi connectivity index (χ0) is 20.2. The number of rotatable bonds is 2. The molecule has 0 spiro atoms. The summed E-state index contributed by atoms with van der Waals surface area (Å²) in [6.45, 7) is 5.60. The Morgan fingerprint density at radius 3 is 2.76 bits per heavy atom. The lowest BCUT2D eigenvalue weighted by Crippen LogP contribution is -2.45. The summed E-state index contributed by atoms with van der Waals surface area (Å²) in [5.74, 6) is 2.09. The zero-order valence-electron chi connectivity index (χ0n) is 17.3. The number of likely N-dealkylation sites (tertiary alicyclic amines) is 1. The molecule has 2 saturated heterocycles. The average Bonchev–Trinajstić information content (AvgIpc) is 2.75. The Balaban J connectivity index is 1.49. The number of carbonyl (C=O) groups is 2. The number of nitrogens with zero attached hydrogens (tertiary/aromatic N) is 1. The van der Waals surface area contributed by atoms with Crippen molar-refractivity contribution in [1.82, 2.24) is 4.90 Å². The molecule has 1 aromatic rings. The van der Waals surface area contributed by atoms with Gasteiger partial charge in [0.25, 0.3) is 0 Å². The highest BCUT2D eigenvalue weighted by atomic mass is 16.5. The molecule has 0 aromatic heterocycles. The molecule has 158 valence electrons. The molecule has 1 aromatic carbocycles. The van der Waals surface area contributed by atoms with Crippen molar-refractivity contribution in [1.29, 1.82) is 0 Å². The number of nitrogens with one attached hydrogen (secondary N) is 1. The van der Waals surface area contributed by atoms with Crippen molar-refractivity contribution in [2.45, 2.75) is 51.4 Å². The second-order valence-electron chi connectivity index (χ2n) is 8.53. The molecule has 0 bridgehead atoms. The van der Waals surface area contributed by atoms with E-state index in [0.717, 1.165) is 63.4 Å². The van der Waals surface area contributed by atoms with Crippen molar-refractivity contribution in [3.63, 3.8) is 0 Å². The normalized spacial score (nSPS) is 26.0. The van der Waals surface area contributed by atoms with Crippen molar-refractivity contribution in [3.05, 3.63) is 23.8 Å². The van der Waals surface area contributed by atoms with Crippen LogP contribution in [0, 0.1) is 11.8 Å². The summed E-state index contributed by atoms with van der Waals surface area (Å²) >= 11 is 0. The summed E-state index contributed by atoms with van der Waals surface area (Å²) in [6, 6.07) is 6.20. The number of benzene rings is 1. The van der Waals surface area contributed by atoms with Crippen LogP contribution >= 0.6 is 0 Å². The summed E-state index contributed by atoms with van der Waals surface area (Å²) in [5, 5.41) is 3.11. The maximum Gasteiger partial charge on any atom is 0.224 e. The smallest absolute Gasteiger partial charge is 0.224 e. The van der Waals surface area contributed by atoms with E-state index in [0.29, 0.717) is 37.2 Å². The lowest BCUT2D eigenvalue weighted by molar-refractivity contribution is -0.133. The van der Waals surface area contributed by atoms with Gasteiger partial charge in [0.2, 0.25) is 11.8 Å². The number of piperidine rings is 1. The molecular weight excluding hydrogens is 368 g/mol. The van der Waals surface area contributed by atoms with Gasteiger partial charge in [-0.2, -0.15) is 0 Å². The zero-order valence-corrected chi connectivity index (χ0v) is 17.3. The Morgan fingerprint density at radius 2 is 1.97 bits per heavy atom. The molecule has 6 heteroatoms. The van der Waals surface area contributed by atoms with Crippen molar-refractivity contribution in [2.24, 2.45) is 11.8 Å². The third kappa shape index (κ3) is 4.74. The van der Waals surface area contributed by atoms with E-state index in [9.17, 15) is 9.59 Å². The van der Waals surface area contributed by atoms with Crippen molar-refractivity contribution in [2.75, 3.05) is 38.2 Å². The maximum absolute atomic E-state index is 12.8. The monoisotopic (exact) mass is 400 g/mol. The SMILES string of the molecule is CCC(=O)N1CC[C@H]2CC(=O)Nc3cc(C4CCOCC4)ccc3OCC[C@H]2C1. The number of hydrogen-bond donors (Lipinski definition) is 1. The third-order valence-electron chi connectivity index (χ3n) is 6.71. The first-order valence-electron chi connectivity index (χ1n) is 11.1. The van der Waals surface area contributed by atoms with E-state index in [-0.39, 0.29) is 11.8 Å². The fourth-order valence-corrected chi connectivity index (χ4v) is 4.94. The first-order valence-corrected chi connectivity index (χ1v) is 11.1. The minimum atomic E-state index is 0.0474. The van der Waals surface area contributed by atoms with E-state index in [1.165, 1.54) is 5.56 Å². The van der Waals surface area contributed by atoms with E-state index < -0.39 is 0 Å². The standard InChI is InChI=1S/C23H32N2O4/c1-2-23(27)25-9-5-18-14-22(26)24-20-13-17(16-6-10-28-11-7-16)3-4-21(20)29-12-8-19(18)15-25/h3-4,13,16,18-19H,2,5-12,14-15H2,1H3,(H,24,26)/t18-,19-/m0/s1. The fourth-order valence-electron chi connectivity index (χ4n) is 4.94. The molecular formula is C23H32N2O4. The van der Waals surface area contributed by atoms with Crippen molar-refractivity contribution >= 4 is 17.5 Å². The topological polar surface area (TPSA) is 67.9 Å². The largest absolute Gasteiger partial charge is 0.491 e. The molecule has 0 aliphatic carbocycles. The summed E-state index contributed by atoms with van der Waals surface area (Å²) in [7, 11) is 0. The van der Waals surface area contributed by atoms with Gasteiger partial charge in [0.15, 0.2) is 0 Å². The van der Waals surface area contributed by atoms with Crippen molar-refractivity contribution in [3.8, 4) is 5.75 Å². The summed E-state index contributed by atoms with van der Waals surface area (Å²) in [4.78, 5) is 26.9. The first-order chi connectivity index (χ1) is 14.1. The Morgan fingerprint density at radius 1 is 1.14 bits per heavy atom. The predicted octanol–water partition coefficient (Wildman–Crippen LogP) is 3.57. The van der Waals surface area contributed by atoms with Gasteiger partial charge in [0.1, 0.15) is 5.75 Å². The number of amides is 2. The molecule has 1 N–H and O–H groups in total. The second kappa shape index (κ2) is 9.16. The van der Waals surface area contributed by atoms with Crippen LogP contribution in [0.5, 0.6) is 5.75 Å². The van der Waals surface area contributed by atoms with Crippen LogP contribution < -0.4 is 10.1 Å². The van der Waals surface area contributed by atoms with Gasteiger partial charge in [-0.15, -0.1) is 0 Å². The quantitative estimate of drug-likeness (QED) is 0.824. The Labute approximate surface area is 172 Å². The average molecular weight is 401 g/mol. The van der Waals surface area contributed by atoms with Crippen molar-refractivity contribution < 1.29 is 19.1 Å². The number of anilines is 1. The van der Waals surface area contributed by atoms with Crippen LogP contribution in [0.2, 0.25) is 0 Å². The van der Waals surface area contributed by atoms with Gasteiger partial charge < -0.3 is 19.7 Å². The van der Waals surface area contributed by atoms with Crippen LogP contribution in [0.25, 0.3) is 0 Å². The number of ether oxygens (including phenoxy) is 2. The lowest BCUT2D eigenvalue weighted by atomic mass is 9.81. The Hall–Kier alpha value is -2.08. The number of hydrogen-bond acceptors (Lipinski definition) is 4. The van der Waals surface area contributed by atoms with E-state index in [1.807, 2.05) is 17.9 Å². The van der Waals surface area contributed by atoms with Crippen LogP contribution in [-0.2, 0) is 14.3 Å². The second-order valence-corrected chi connectivity index (χ2v) is 8.53. The highest BCUT2D eigenvalue weighted by molar-refractivity contribution is 5.92. The molecule has 29 heavy (non-hydrogen) atoms. The summed E-state index contributed by atoms with van der Waals surface area (Å²) in [5.41, 5.74) is 2.04. The van der Waals surface area contributed by atoms with Gasteiger partial charge in [-0.1, -0.05) is 13.0 Å². The Kier molecular flexibility index (Phi) is 6.38. The van der Waals surface area contributed by atoms with Crippen LogP contribution in [-0.4, -0.2) is 49.6 Å². The maximum atomic E-state index is 12.8. The molecule has 2 atom stereocenters. The van der Waals surface area contributed by atoms with Crippen LogP contribution in [0.1, 0.15) is 56.9 Å². The minimum Gasteiger partial charge on any atom is -0.491 e. The third-order valence-corrected chi connectivity index (χ3v) is 6.71. The van der Waals surface area contributed by atoms with Gasteiger partial charge >= 0.3 is 0 Å². The lowest BCUT2D eigenvalue weighted by Gasteiger charge is -2.39. The molecule has 3 aliphatic heterocycles. The molecule has 0 unspecified atom stereocenters.